The monoisotopic (exact) mass is 290 g/mol. The summed E-state index contributed by atoms with van der Waals surface area (Å²) in [6.07, 6.45) is 0. The van der Waals surface area contributed by atoms with Crippen molar-refractivity contribution in [2.24, 2.45) is 0 Å². The normalized spacial score (nSPS) is 10.8. The predicted molar refractivity (Wildman–Crippen MR) is 80.5 cm³/mol. The number of ether oxygens (including phenoxy) is 1. The zero-order valence-corrected chi connectivity index (χ0v) is 12.5. The van der Waals surface area contributed by atoms with Crippen molar-refractivity contribution in [3.05, 3.63) is 41.4 Å². The lowest BCUT2D eigenvalue weighted by Crippen LogP contribution is -2.30. The molecule has 0 aliphatic rings. The van der Waals surface area contributed by atoms with Crippen LogP contribution in [0.4, 0.5) is 0 Å². The number of thiazole rings is 1. The number of nitrogens with zero attached hydrogens (tertiary/aromatic N) is 2. The second-order valence-corrected chi connectivity index (χ2v) is 5.25. The maximum absolute atomic E-state index is 11.3. The first-order valence-corrected chi connectivity index (χ1v) is 7.40. The minimum absolute atomic E-state index is 0.217. The average Bonchev–Trinajstić information content (AvgIpc) is 2.95. The number of hydrogen-bond donors (Lipinski definition) is 0. The molecule has 0 radical (unpaired) electrons. The molecule has 2 rings (SSSR count). The quantitative estimate of drug-likeness (QED) is 0.767. The molecule has 1 aromatic carbocycles. The fourth-order valence-electron chi connectivity index (χ4n) is 1.85. The van der Waals surface area contributed by atoms with Crippen LogP contribution in [0.25, 0.3) is 10.6 Å². The van der Waals surface area contributed by atoms with Gasteiger partial charge in [-0.15, -0.1) is 11.3 Å². The molecule has 106 valence electrons. The molecule has 0 spiro atoms. The third-order valence-electron chi connectivity index (χ3n) is 2.99. The molecule has 0 saturated carbocycles. The largest absolute Gasteiger partial charge is 0.468 e. The lowest BCUT2D eigenvalue weighted by atomic mass is 10.2. The van der Waals surface area contributed by atoms with E-state index >= 15 is 0 Å². The molecule has 5 heteroatoms. The molecule has 0 N–H and O–H groups in total. The second-order valence-electron chi connectivity index (χ2n) is 4.39. The summed E-state index contributed by atoms with van der Waals surface area (Å²) < 4.78 is 4.70. The Balaban J connectivity index is 2.03. The second kappa shape index (κ2) is 7.17. The Morgan fingerprint density at radius 2 is 2.10 bits per heavy atom. The molecule has 0 atom stereocenters. The van der Waals surface area contributed by atoms with Crippen LogP contribution in [0, 0.1) is 0 Å². The van der Waals surface area contributed by atoms with E-state index in [0.717, 1.165) is 22.8 Å². The molecular formula is C15H18N2O2S. The van der Waals surface area contributed by atoms with Gasteiger partial charge in [-0.05, 0) is 6.54 Å². The Labute approximate surface area is 123 Å². The highest BCUT2D eigenvalue weighted by molar-refractivity contribution is 7.13. The molecule has 0 saturated heterocycles. The highest BCUT2D eigenvalue weighted by Gasteiger charge is 2.12. The number of esters is 1. The van der Waals surface area contributed by atoms with E-state index in [-0.39, 0.29) is 5.97 Å². The van der Waals surface area contributed by atoms with E-state index < -0.39 is 0 Å². The van der Waals surface area contributed by atoms with Gasteiger partial charge in [0.05, 0.1) is 19.3 Å². The molecule has 0 fully saturated rings. The van der Waals surface area contributed by atoms with Gasteiger partial charge in [0.15, 0.2) is 0 Å². The van der Waals surface area contributed by atoms with Gasteiger partial charge in [0.1, 0.15) is 5.01 Å². The fourth-order valence-corrected chi connectivity index (χ4v) is 2.67. The van der Waals surface area contributed by atoms with Gasteiger partial charge in [-0.2, -0.15) is 0 Å². The first kappa shape index (κ1) is 14.7. The predicted octanol–water partition coefficient (Wildman–Crippen LogP) is 2.81. The molecule has 2 aromatic rings. The van der Waals surface area contributed by atoms with Crippen molar-refractivity contribution in [3.8, 4) is 10.6 Å². The van der Waals surface area contributed by atoms with Crippen LogP contribution in [0.1, 0.15) is 12.6 Å². The minimum Gasteiger partial charge on any atom is -0.468 e. The molecular weight excluding hydrogens is 272 g/mol. The summed E-state index contributed by atoms with van der Waals surface area (Å²) in [6, 6.07) is 10.1. The van der Waals surface area contributed by atoms with Gasteiger partial charge in [-0.25, -0.2) is 4.98 Å². The van der Waals surface area contributed by atoms with E-state index in [9.17, 15) is 4.79 Å². The molecule has 0 amide bonds. The van der Waals surface area contributed by atoms with Crippen LogP contribution in [0.5, 0.6) is 0 Å². The van der Waals surface area contributed by atoms with Crippen LogP contribution in [-0.2, 0) is 16.1 Å². The zero-order chi connectivity index (χ0) is 14.4. The summed E-state index contributed by atoms with van der Waals surface area (Å²) in [7, 11) is 1.41. The van der Waals surface area contributed by atoms with Crippen LogP contribution in [0.2, 0.25) is 0 Å². The summed E-state index contributed by atoms with van der Waals surface area (Å²) >= 11 is 1.63. The SMILES string of the molecule is CCN(CC(=O)OC)Cc1csc(-c2ccccc2)n1. The number of hydrogen-bond acceptors (Lipinski definition) is 5. The topological polar surface area (TPSA) is 42.4 Å². The molecule has 1 heterocycles. The molecule has 0 aliphatic carbocycles. The standard InChI is InChI=1S/C15H18N2O2S/c1-3-17(10-14(18)19-2)9-13-11-20-15(16-13)12-7-5-4-6-8-12/h4-8,11H,3,9-10H2,1-2H3. The molecule has 1 aromatic heterocycles. The van der Waals surface area contributed by atoms with Gasteiger partial charge in [0.2, 0.25) is 0 Å². The van der Waals surface area contributed by atoms with E-state index in [4.69, 9.17) is 4.74 Å². The maximum atomic E-state index is 11.3. The van der Waals surface area contributed by atoms with E-state index in [1.807, 2.05) is 35.4 Å². The molecule has 20 heavy (non-hydrogen) atoms. The number of benzene rings is 1. The van der Waals surface area contributed by atoms with Crippen molar-refractivity contribution in [3.63, 3.8) is 0 Å². The smallest absolute Gasteiger partial charge is 0.319 e. The summed E-state index contributed by atoms with van der Waals surface area (Å²) in [5.74, 6) is -0.217. The third-order valence-corrected chi connectivity index (χ3v) is 3.93. The minimum atomic E-state index is -0.217. The fraction of sp³-hybridized carbons (Fsp3) is 0.333. The number of carbonyl (C=O) groups is 1. The van der Waals surface area contributed by atoms with Crippen LogP contribution in [0.3, 0.4) is 0 Å². The third kappa shape index (κ3) is 3.88. The Kier molecular flexibility index (Phi) is 5.26. The van der Waals surface area contributed by atoms with E-state index in [1.165, 1.54) is 7.11 Å². The van der Waals surface area contributed by atoms with Crippen molar-refractivity contribution < 1.29 is 9.53 Å². The Hall–Kier alpha value is -1.72. The number of likely N-dealkylation sites (N-methyl/N-ethyl adjacent to an activating group) is 1. The van der Waals surface area contributed by atoms with Gasteiger partial charge in [-0.1, -0.05) is 37.3 Å². The lowest BCUT2D eigenvalue weighted by molar-refractivity contribution is -0.142. The molecule has 0 bridgehead atoms. The molecule has 4 nitrogen and oxygen atoms in total. The van der Waals surface area contributed by atoms with Crippen molar-refractivity contribution in [1.82, 2.24) is 9.88 Å². The van der Waals surface area contributed by atoms with Gasteiger partial charge in [0, 0.05) is 17.5 Å². The van der Waals surface area contributed by atoms with E-state index in [1.54, 1.807) is 11.3 Å². The van der Waals surface area contributed by atoms with E-state index in [2.05, 4.69) is 17.1 Å². The maximum Gasteiger partial charge on any atom is 0.319 e. The first-order valence-electron chi connectivity index (χ1n) is 6.52. The van der Waals surface area contributed by atoms with Crippen LogP contribution < -0.4 is 0 Å². The number of aromatic nitrogens is 1. The number of methoxy groups -OCH3 is 1. The Morgan fingerprint density at radius 3 is 2.75 bits per heavy atom. The molecule has 0 unspecified atom stereocenters. The molecule has 0 aliphatic heterocycles. The average molecular weight is 290 g/mol. The van der Waals surface area contributed by atoms with E-state index in [0.29, 0.717) is 13.1 Å². The Bertz CT molecular complexity index is 554. The van der Waals surface area contributed by atoms with Crippen molar-refractivity contribution >= 4 is 17.3 Å². The van der Waals surface area contributed by atoms with Crippen molar-refractivity contribution in [2.45, 2.75) is 13.5 Å². The van der Waals surface area contributed by atoms with Crippen LogP contribution >= 0.6 is 11.3 Å². The first-order chi connectivity index (χ1) is 9.72. The van der Waals surface area contributed by atoms with Crippen LogP contribution in [-0.4, -0.2) is 36.1 Å². The summed E-state index contributed by atoms with van der Waals surface area (Å²) in [5, 5.41) is 3.05. The van der Waals surface area contributed by atoms with Gasteiger partial charge >= 0.3 is 5.97 Å². The van der Waals surface area contributed by atoms with Gasteiger partial charge in [-0.3, -0.25) is 9.69 Å². The Morgan fingerprint density at radius 1 is 1.35 bits per heavy atom. The summed E-state index contributed by atoms with van der Waals surface area (Å²) in [4.78, 5) is 18.0. The zero-order valence-electron chi connectivity index (χ0n) is 11.7. The van der Waals surface area contributed by atoms with Crippen LogP contribution in [0.15, 0.2) is 35.7 Å². The van der Waals surface area contributed by atoms with Crippen molar-refractivity contribution in [1.29, 1.82) is 0 Å². The highest BCUT2D eigenvalue weighted by Crippen LogP contribution is 2.23. The lowest BCUT2D eigenvalue weighted by Gasteiger charge is -2.17. The number of carbonyl (C=O) groups excluding carboxylic acids is 1. The number of rotatable bonds is 6. The van der Waals surface area contributed by atoms with Crippen molar-refractivity contribution in [2.75, 3.05) is 20.2 Å². The summed E-state index contributed by atoms with van der Waals surface area (Å²) in [6.45, 7) is 3.76. The summed E-state index contributed by atoms with van der Waals surface area (Å²) in [5.41, 5.74) is 2.11. The van der Waals surface area contributed by atoms with Gasteiger partial charge in [0.25, 0.3) is 0 Å². The highest BCUT2D eigenvalue weighted by atomic mass is 32.1. The van der Waals surface area contributed by atoms with Gasteiger partial charge < -0.3 is 4.74 Å².